The van der Waals surface area contributed by atoms with Crippen LogP contribution in [0.1, 0.15) is 31.9 Å². The second-order valence-corrected chi connectivity index (χ2v) is 7.93. The molecule has 0 aliphatic heterocycles. The van der Waals surface area contributed by atoms with E-state index in [9.17, 15) is 4.79 Å². The van der Waals surface area contributed by atoms with Gasteiger partial charge in [-0.1, -0.05) is 19.1 Å². The summed E-state index contributed by atoms with van der Waals surface area (Å²) in [6.07, 6.45) is 0.899. The Labute approximate surface area is 142 Å². The van der Waals surface area contributed by atoms with Crippen LogP contribution in [0.25, 0.3) is 0 Å². The minimum atomic E-state index is 0.147. The number of carbonyl (C=O) groups excluding carboxylic acids is 1. The number of carbonyl (C=O) groups is 1. The second-order valence-electron chi connectivity index (χ2n) is 4.95. The molecular weight excluding hydrogens is 330 g/mol. The third kappa shape index (κ3) is 3.48. The molecule has 0 aromatic carbocycles. The van der Waals surface area contributed by atoms with Crippen LogP contribution in [-0.4, -0.2) is 10.8 Å². The Morgan fingerprint density at radius 2 is 1.59 bits per heavy atom. The fourth-order valence-electron chi connectivity index (χ4n) is 2.33. The summed E-state index contributed by atoms with van der Waals surface area (Å²) in [7, 11) is 0. The van der Waals surface area contributed by atoms with E-state index in [0.29, 0.717) is 13.1 Å². The minimum Gasteiger partial charge on any atom is -0.328 e. The van der Waals surface area contributed by atoms with Gasteiger partial charge < -0.3 is 4.90 Å². The van der Waals surface area contributed by atoms with Crippen LogP contribution in [0, 0.1) is 0 Å². The summed E-state index contributed by atoms with van der Waals surface area (Å²) in [5.74, 6) is 0.147. The molecule has 0 radical (unpaired) electrons. The molecule has 0 aliphatic carbocycles. The molecule has 3 heterocycles. The molecule has 0 spiro atoms. The average Bonchev–Trinajstić information content (AvgIpc) is 3.27. The van der Waals surface area contributed by atoms with E-state index in [1.807, 2.05) is 22.4 Å². The first kappa shape index (κ1) is 15.5. The van der Waals surface area contributed by atoms with E-state index in [1.165, 1.54) is 9.75 Å². The molecule has 0 unspecified atom stereocenters. The van der Waals surface area contributed by atoms with E-state index in [0.717, 1.165) is 16.9 Å². The minimum absolute atomic E-state index is 0.147. The van der Waals surface area contributed by atoms with E-state index < -0.39 is 0 Å². The fraction of sp³-hybridized carbons (Fsp3) is 0.235. The number of hydrogen-bond acceptors (Lipinski definition) is 4. The Balaban J connectivity index is 1.85. The third-order valence-electron chi connectivity index (χ3n) is 3.46. The van der Waals surface area contributed by atoms with Crippen molar-refractivity contribution in [2.75, 3.05) is 0 Å². The van der Waals surface area contributed by atoms with Gasteiger partial charge in [0.1, 0.15) is 0 Å². The highest BCUT2D eigenvalue weighted by Crippen LogP contribution is 2.24. The summed E-state index contributed by atoms with van der Waals surface area (Å²) in [5, 5.41) is 6.14. The van der Waals surface area contributed by atoms with Crippen LogP contribution in [0.3, 0.4) is 0 Å². The Morgan fingerprint density at radius 3 is 2.09 bits per heavy atom. The van der Waals surface area contributed by atoms with E-state index in [2.05, 4.69) is 35.9 Å². The average molecular weight is 348 g/mol. The van der Waals surface area contributed by atoms with Crippen LogP contribution in [0.5, 0.6) is 0 Å². The third-order valence-corrected chi connectivity index (χ3v) is 6.13. The first-order valence-electron chi connectivity index (χ1n) is 7.18. The molecule has 0 bridgehead atoms. The van der Waals surface area contributed by atoms with Crippen molar-refractivity contribution in [1.82, 2.24) is 4.90 Å². The van der Waals surface area contributed by atoms with Crippen LogP contribution in [0.15, 0.2) is 46.5 Å². The lowest BCUT2D eigenvalue weighted by molar-refractivity contribution is 0.0737. The number of nitrogens with zero attached hydrogens (tertiary/aromatic N) is 1. The molecule has 1 amide bonds. The number of hydrogen-bond donors (Lipinski definition) is 0. The van der Waals surface area contributed by atoms with Crippen molar-refractivity contribution in [2.45, 2.75) is 26.4 Å². The Bertz CT molecular complexity index is 677. The monoisotopic (exact) mass is 347 g/mol. The van der Waals surface area contributed by atoms with Gasteiger partial charge in [-0.3, -0.25) is 4.79 Å². The van der Waals surface area contributed by atoms with E-state index in [4.69, 9.17) is 0 Å². The summed E-state index contributed by atoms with van der Waals surface area (Å²) in [6.45, 7) is 3.45. The molecule has 22 heavy (non-hydrogen) atoms. The van der Waals surface area contributed by atoms with Crippen molar-refractivity contribution in [1.29, 1.82) is 0 Å². The molecule has 0 fully saturated rings. The number of amides is 1. The van der Waals surface area contributed by atoms with Crippen molar-refractivity contribution >= 4 is 39.9 Å². The van der Waals surface area contributed by atoms with Crippen molar-refractivity contribution < 1.29 is 4.79 Å². The van der Waals surface area contributed by atoms with E-state index in [-0.39, 0.29) is 5.91 Å². The molecule has 3 rings (SSSR count). The maximum Gasteiger partial charge on any atom is 0.264 e. The lowest BCUT2D eigenvalue weighted by Gasteiger charge is -2.21. The predicted molar refractivity (Wildman–Crippen MR) is 95.9 cm³/mol. The zero-order valence-corrected chi connectivity index (χ0v) is 14.8. The maximum atomic E-state index is 13.0. The van der Waals surface area contributed by atoms with Gasteiger partial charge in [0.2, 0.25) is 0 Å². The van der Waals surface area contributed by atoms with Crippen molar-refractivity contribution in [3.63, 3.8) is 0 Å². The number of thiophene rings is 3. The summed E-state index contributed by atoms with van der Waals surface area (Å²) in [6, 6.07) is 10.3. The molecule has 5 heteroatoms. The van der Waals surface area contributed by atoms with Gasteiger partial charge in [0, 0.05) is 9.75 Å². The largest absolute Gasteiger partial charge is 0.328 e. The Hall–Kier alpha value is -1.43. The van der Waals surface area contributed by atoms with Gasteiger partial charge in [-0.15, -0.1) is 34.0 Å². The Morgan fingerprint density at radius 1 is 0.955 bits per heavy atom. The lowest BCUT2D eigenvalue weighted by Crippen LogP contribution is -2.29. The van der Waals surface area contributed by atoms with Gasteiger partial charge in [-0.25, -0.2) is 0 Å². The highest BCUT2D eigenvalue weighted by molar-refractivity contribution is 7.12. The topological polar surface area (TPSA) is 20.3 Å². The van der Waals surface area contributed by atoms with Crippen LogP contribution in [0.4, 0.5) is 0 Å². The van der Waals surface area contributed by atoms with Crippen LogP contribution < -0.4 is 0 Å². The van der Waals surface area contributed by atoms with Crippen molar-refractivity contribution in [3.8, 4) is 0 Å². The maximum absolute atomic E-state index is 13.0. The first-order chi connectivity index (χ1) is 10.8. The predicted octanol–water partition coefficient (Wildman–Crippen LogP) is 5.28. The second kappa shape index (κ2) is 7.22. The van der Waals surface area contributed by atoms with E-state index >= 15 is 0 Å². The van der Waals surface area contributed by atoms with Gasteiger partial charge in [-0.2, -0.15) is 0 Å². The van der Waals surface area contributed by atoms with Crippen LogP contribution >= 0.6 is 34.0 Å². The zero-order valence-electron chi connectivity index (χ0n) is 12.3. The quantitative estimate of drug-likeness (QED) is 0.594. The summed E-state index contributed by atoms with van der Waals surface area (Å²) in [4.78, 5) is 18.3. The molecule has 0 aliphatic rings. The Kier molecular flexibility index (Phi) is 5.08. The van der Waals surface area contributed by atoms with Crippen molar-refractivity contribution in [2.24, 2.45) is 0 Å². The molecule has 0 atom stereocenters. The molecule has 0 N–H and O–H groups in total. The molecule has 2 nitrogen and oxygen atoms in total. The molecule has 0 saturated heterocycles. The normalized spacial score (nSPS) is 10.8. The van der Waals surface area contributed by atoms with Gasteiger partial charge in [-0.05, 0) is 46.3 Å². The summed E-state index contributed by atoms with van der Waals surface area (Å²) < 4.78 is 0. The standard InChI is InChI=1S/C17H17NOS3/c1-2-13-7-10-22-16(13)17(19)18(11-14-5-3-8-20-14)12-15-6-4-9-21-15/h3-10H,2,11-12H2,1H3. The number of rotatable bonds is 6. The molecule has 3 aromatic rings. The van der Waals surface area contributed by atoms with E-state index in [1.54, 1.807) is 34.0 Å². The van der Waals surface area contributed by atoms with Gasteiger partial charge in [0.25, 0.3) is 5.91 Å². The zero-order chi connectivity index (χ0) is 15.4. The van der Waals surface area contributed by atoms with Gasteiger partial charge in [0.05, 0.1) is 18.0 Å². The van der Waals surface area contributed by atoms with Crippen LogP contribution in [0.2, 0.25) is 0 Å². The molecule has 114 valence electrons. The van der Waals surface area contributed by atoms with Crippen LogP contribution in [-0.2, 0) is 19.5 Å². The SMILES string of the molecule is CCc1ccsc1C(=O)N(Cc1cccs1)Cc1cccs1. The lowest BCUT2D eigenvalue weighted by atomic mass is 10.2. The molecule has 0 saturated carbocycles. The fourth-order valence-corrected chi connectivity index (χ4v) is 4.73. The van der Waals surface area contributed by atoms with Crippen molar-refractivity contribution in [3.05, 3.63) is 66.7 Å². The smallest absolute Gasteiger partial charge is 0.264 e. The molecule has 3 aromatic heterocycles. The first-order valence-corrected chi connectivity index (χ1v) is 9.82. The highest BCUT2D eigenvalue weighted by atomic mass is 32.1. The molecular formula is C17H17NOS3. The highest BCUT2D eigenvalue weighted by Gasteiger charge is 2.21. The summed E-state index contributed by atoms with van der Waals surface area (Å²) >= 11 is 4.95. The number of aryl methyl sites for hydroxylation is 1. The summed E-state index contributed by atoms with van der Waals surface area (Å²) in [5.41, 5.74) is 1.15. The van der Waals surface area contributed by atoms with Gasteiger partial charge >= 0.3 is 0 Å². The van der Waals surface area contributed by atoms with Gasteiger partial charge in [0.15, 0.2) is 0 Å².